The van der Waals surface area contributed by atoms with Gasteiger partial charge in [0.05, 0.1) is 31.3 Å². The Labute approximate surface area is 234 Å². The van der Waals surface area contributed by atoms with Crippen molar-refractivity contribution in [2.45, 2.75) is 161 Å². The summed E-state index contributed by atoms with van der Waals surface area (Å²) in [5, 5.41) is 32.7. The minimum Gasteiger partial charge on any atom is -0.394 e. The molecular weight excluding hydrogens is 474 g/mol. The van der Waals surface area contributed by atoms with E-state index in [2.05, 4.69) is 43.5 Å². The zero-order chi connectivity index (χ0) is 28.1. The van der Waals surface area contributed by atoms with Crippen molar-refractivity contribution in [3.63, 3.8) is 0 Å². The molecule has 0 saturated heterocycles. The zero-order valence-corrected chi connectivity index (χ0v) is 24.8. The second-order valence-electron chi connectivity index (χ2n) is 10.7. The van der Waals surface area contributed by atoms with E-state index < -0.39 is 18.2 Å². The number of allylic oxidation sites excluding steroid dienone is 5. The lowest BCUT2D eigenvalue weighted by Crippen LogP contribution is -2.45. The number of amides is 1. The van der Waals surface area contributed by atoms with Gasteiger partial charge in [-0.05, 0) is 57.8 Å². The Morgan fingerprint density at radius 2 is 1.13 bits per heavy atom. The van der Waals surface area contributed by atoms with Crippen LogP contribution >= 0.6 is 0 Å². The number of aliphatic hydroxyl groups excluding tert-OH is 3. The van der Waals surface area contributed by atoms with Crippen LogP contribution in [0.25, 0.3) is 0 Å². The third kappa shape index (κ3) is 24.9. The molecular formula is C33H61NO4. The van der Waals surface area contributed by atoms with Crippen molar-refractivity contribution in [3.05, 3.63) is 36.5 Å². The highest BCUT2D eigenvalue weighted by Crippen LogP contribution is 2.11. The van der Waals surface area contributed by atoms with Crippen LogP contribution in [0.2, 0.25) is 0 Å². The summed E-state index contributed by atoms with van der Waals surface area (Å²) in [6, 6.07) is -0.761. The summed E-state index contributed by atoms with van der Waals surface area (Å²) in [7, 11) is 0. The Morgan fingerprint density at radius 1 is 0.658 bits per heavy atom. The lowest BCUT2D eigenvalue weighted by Gasteiger charge is -2.20. The van der Waals surface area contributed by atoms with E-state index in [0.717, 1.165) is 44.9 Å². The van der Waals surface area contributed by atoms with Crippen LogP contribution in [-0.4, -0.2) is 46.1 Å². The van der Waals surface area contributed by atoms with Gasteiger partial charge in [0, 0.05) is 0 Å². The van der Waals surface area contributed by atoms with Gasteiger partial charge in [0.1, 0.15) is 0 Å². The molecule has 0 aliphatic heterocycles. The first-order valence-electron chi connectivity index (χ1n) is 15.8. The van der Waals surface area contributed by atoms with Gasteiger partial charge in [-0.3, -0.25) is 4.79 Å². The van der Waals surface area contributed by atoms with Crippen molar-refractivity contribution in [1.29, 1.82) is 0 Å². The fourth-order valence-electron chi connectivity index (χ4n) is 4.40. The topological polar surface area (TPSA) is 89.8 Å². The highest BCUT2D eigenvalue weighted by atomic mass is 16.3. The van der Waals surface area contributed by atoms with Crippen LogP contribution in [0.15, 0.2) is 36.5 Å². The van der Waals surface area contributed by atoms with Crippen LogP contribution in [0, 0.1) is 0 Å². The average Bonchev–Trinajstić information content (AvgIpc) is 2.90. The number of rotatable bonds is 27. The van der Waals surface area contributed by atoms with Crippen molar-refractivity contribution < 1.29 is 20.1 Å². The summed E-state index contributed by atoms with van der Waals surface area (Å²) in [6.45, 7) is 4.10. The van der Waals surface area contributed by atoms with Gasteiger partial charge in [0.25, 0.3) is 0 Å². The van der Waals surface area contributed by atoms with Gasteiger partial charge in [-0.25, -0.2) is 0 Å². The minimum absolute atomic E-state index is 0.00585. The van der Waals surface area contributed by atoms with E-state index in [1.165, 1.54) is 70.6 Å². The smallest absolute Gasteiger partial charge is 0.222 e. The lowest BCUT2D eigenvalue weighted by molar-refractivity contribution is -0.124. The van der Waals surface area contributed by atoms with Crippen LogP contribution in [0.4, 0.5) is 0 Å². The molecule has 0 fully saturated rings. The van der Waals surface area contributed by atoms with Crippen molar-refractivity contribution in [1.82, 2.24) is 5.32 Å². The summed E-state index contributed by atoms with van der Waals surface area (Å²) in [5.74, 6) is -0.340. The van der Waals surface area contributed by atoms with Crippen molar-refractivity contribution in [3.8, 4) is 0 Å². The van der Waals surface area contributed by atoms with Crippen LogP contribution in [-0.2, 0) is 4.79 Å². The Hall–Kier alpha value is -1.43. The predicted octanol–water partition coefficient (Wildman–Crippen LogP) is 7.70. The van der Waals surface area contributed by atoms with Crippen LogP contribution in [0.5, 0.6) is 0 Å². The van der Waals surface area contributed by atoms with Gasteiger partial charge < -0.3 is 20.6 Å². The molecule has 222 valence electrons. The first-order chi connectivity index (χ1) is 18.5. The second kappa shape index (κ2) is 28.6. The van der Waals surface area contributed by atoms with E-state index in [1.54, 1.807) is 6.08 Å². The third-order valence-corrected chi connectivity index (χ3v) is 6.90. The monoisotopic (exact) mass is 535 g/mol. The molecule has 4 N–H and O–H groups in total. The number of unbranched alkanes of at least 4 members (excludes halogenated alkanes) is 14. The van der Waals surface area contributed by atoms with E-state index in [-0.39, 0.29) is 18.9 Å². The Kier molecular flexibility index (Phi) is 27.5. The third-order valence-electron chi connectivity index (χ3n) is 6.90. The fourth-order valence-corrected chi connectivity index (χ4v) is 4.40. The van der Waals surface area contributed by atoms with E-state index >= 15 is 0 Å². The second-order valence-corrected chi connectivity index (χ2v) is 10.7. The molecule has 0 saturated carbocycles. The summed E-state index contributed by atoms with van der Waals surface area (Å²) in [5.41, 5.74) is 0. The van der Waals surface area contributed by atoms with Crippen LogP contribution < -0.4 is 5.32 Å². The number of hydrogen-bond acceptors (Lipinski definition) is 4. The van der Waals surface area contributed by atoms with Crippen LogP contribution in [0.1, 0.15) is 142 Å². The molecule has 0 aliphatic rings. The quantitative estimate of drug-likeness (QED) is 0.0641. The van der Waals surface area contributed by atoms with Gasteiger partial charge in [-0.15, -0.1) is 0 Å². The van der Waals surface area contributed by atoms with Gasteiger partial charge >= 0.3 is 0 Å². The highest BCUT2D eigenvalue weighted by Gasteiger charge is 2.19. The summed E-state index contributed by atoms with van der Waals surface area (Å²) in [6.07, 6.45) is 32.7. The molecule has 0 aromatic carbocycles. The number of aliphatic hydroxyl groups is 3. The molecule has 0 heterocycles. The van der Waals surface area contributed by atoms with Gasteiger partial charge in [0.2, 0.25) is 5.91 Å². The van der Waals surface area contributed by atoms with Gasteiger partial charge in [-0.1, -0.05) is 115 Å². The van der Waals surface area contributed by atoms with E-state index in [9.17, 15) is 20.1 Å². The lowest BCUT2D eigenvalue weighted by atomic mass is 10.1. The number of carbonyl (C=O) groups excluding carboxylic acids is 1. The first kappa shape index (κ1) is 36.6. The van der Waals surface area contributed by atoms with Gasteiger partial charge in [-0.2, -0.15) is 0 Å². The molecule has 5 heteroatoms. The van der Waals surface area contributed by atoms with Crippen molar-refractivity contribution in [2.75, 3.05) is 6.61 Å². The summed E-state index contributed by atoms with van der Waals surface area (Å²) < 4.78 is 0. The van der Waals surface area contributed by atoms with Crippen LogP contribution in [0.3, 0.4) is 0 Å². The number of carbonyl (C=O) groups is 1. The maximum atomic E-state index is 12.3. The molecule has 0 aliphatic carbocycles. The van der Waals surface area contributed by atoms with E-state index in [0.29, 0.717) is 6.42 Å². The fraction of sp³-hybridized carbons (Fsp3) is 0.788. The highest BCUT2D eigenvalue weighted by molar-refractivity contribution is 5.76. The maximum absolute atomic E-state index is 12.3. The summed E-state index contributed by atoms with van der Waals surface area (Å²) in [4.78, 5) is 12.3. The molecule has 0 bridgehead atoms. The van der Waals surface area contributed by atoms with E-state index in [4.69, 9.17) is 0 Å². The minimum atomic E-state index is -0.950. The maximum Gasteiger partial charge on any atom is 0.222 e. The summed E-state index contributed by atoms with van der Waals surface area (Å²) >= 11 is 0. The SMILES string of the molecule is CCCCC/C=C/CC/C=C/C(O)C(CO)NC(=O)CC(O)CCCCC/C=C\CCCCCCCCC. The molecule has 1 amide bonds. The standard InChI is InChI=1S/C33H61NO4/c1-3-5-7-9-11-13-14-15-16-17-19-20-22-24-26-30(36)28-33(38)34-31(29-35)32(37)27-25-23-21-18-12-10-8-6-4-2/h12,16-18,25,27,30-32,35-37H,3-11,13-15,19-24,26,28-29H2,1-2H3,(H,34,38)/b17-16-,18-12+,27-25+. The molecule has 3 unspecified atom stereocenters. The average molecular weight is 536 g/mol. The molecule has 0 aromatic heterocycles. The van der Waals surface area contributed by atoms with Crippen molar-refractivity contribution in [2.24, 2.45) is 0 Å². The first-order valence-corrected chi connectivity index (χ1v) is 15.8. The zero-order valence-electron chi connectivity index (χ0n) is 24.8. The molecule has 3 atom stereocenters. The molecule has 0 spiro atoms. The normalized spacial score (nSPS) is 14.6. The molecule has 38 heavy (non-hydrogen) atoms. The van der Waals surface area contributed by atoms with Crippen molar-refractivity contribution >= 4 is 5.91 Å². The van der Waals surface area contributed by atoms with Gasteiger partial charge in [0.15, 0.2) is 0 Å². The molecule has 0 aromatic rings. The predicted molar refractivity (Wildman–Crippen MR) is 162 cm³/mol. The molecule has 0 radical (unpaired) electrons. The number of nitrogens with one attached hydrogen (secondary N) is 1. The molecule has 5 nitrogen and oxygen atoms in total. The Morgan fingerprint density at radius 3 is 1.74 bits per heavy atom. The van der Waals surface area contributed by atoms with E-state index in [1.807, 2.05) is 6.08 Å². The Balaban J connectivity index is 3.85. The Bertz CT molecular complexity index is 602. The molecule has 0 rings (SSSR count). The largest absolute Gasteiger partial charge is 0.394 e. The number of hydrogen-bond donors (Lipinski definition) is 4.